The number of nitrogens with zero attached hydrogens (tertiary/aromatic N) is 4. The molecule has 3 aromatic rings. The number of aromatic nitrogens is 3. The monoisotopic (exact) mass is 339 g/mol. The van der Waals surface area contributed by atoms with Crippen LogP contribution in [-0.4, -0.2) is 53.3 Å². The molecular weight excluding hydrogens is 318 g/mol. The van der Waals surface area contributed by atoms with E-state index < -0.39 is 0 Å². The molecule has 4 rings (SSSR count). The van der Waals surface area contributed by atoms with Crippen molar-refractivity contribution >= 4 is 16.9 Å². The second kappa shape index (κ2) is 7.06. The van der Waals surface area contributed by atoms with Gasteiger partial charge in [0.15, 0.2) is 0 Å². The number of hydrogen-bond acceptors (Lipinski definition) is 7. The number of methoxy groups -OCH3 is 1. The molecule has 1 N–H and O–H groups in total. The van der Waals surface area contributed by atoms with E-state index in [1.807, 2.05) is 24.3 Å². The van der Waals surface area contributed by atoms with E-state index in [0.29, 0.717) is 11.4 Å². The molecule has 0 radical (unpaired) electrons. The Labute approximate surface area is 146 Å². The zero-order valence-corrected chi connectivity index (χ0v) is 14.2. The zero-order chi connectivity index (χ0) is 17.1. The molecule has 2 aromatic heterocycles. The van der Waals surface area contributed by atoms with E-state index in [0.717, 1.165) is 35.6 Å². The molecule has 7 nitrogen and oxygen atoms in total. The third kappa shape index (κ3) is 3.15. The van der Waals surface area contributed by atoms with Crippen molar-refractivity contribution in [2.45, 2.75) is 12.8 Å². The van der Waals surface area contributed by atoms with Gasteiger partial charge in [0.25, 0.3) is 5.71 Å². The molecule has 25 heavy (non-hydrogen) atoms. The summed E-state index contributed by atoms with van der Waals surface area (Å²) in [5.74, 6) is 1.48. The van der Waals surface area contributed by atoms with Crippen LogP contribution in [0.15, 0.2) is 35.1 Å². The Bertz CT molecular complexity index is 858. The summed E-state index contributed by atoms with van der Waals surface area (Å²) in [6.07, 6.45) is 4.08. The number of benzene rings is 1. The Balaban J connectivity index is 1.64. The molecule has 0 spiro atoms. The first-order valence-corrected chi connectivity index (χ1v) is 8.57. The minimum Gasteiger partial charge on any atom is -0.496 e. The lowest BCUT2D eigenvalue weighted by molar-refractivity contribution is 0.352. The number of para-hydroxylation sites is 1. The summed E-state index contributed by atoms with van der Waals surface area (Å²) < 4.78 is 10.9. The summed E-state index contributed by atoms with van der Waals surface area (Å²) in [6, 6.07) is 7.73. The fraction of sp³-hybridized carbons (Fsp3) is 0.389. The summed E-state index contributed by atoms with van der Waals surface area (Å²) in [5, 5.41) is 8.41. The minimum atomic E-state index is 0.472. The Hall–Kier alpha value is -2.67. The number of anilines is 1. The maximum Gasteiger partial charge on any atom is 0.263 e. The largest absolute Gasteiger partial charge is 0.496 e. The average Bonchev–Trinajstić information content (AvgIpc) is 3.31. The molecule has 1 aliphatic heterocycles. The normalized spacial score (nSPS) is 14.9. The van der Waals surface area contributed by atoms with Crippen LogP contribution in [0.1, 0.15) is 12.8 Å². The number of nitrogens with one attached hydrogen (secondary N) is 1. The van der Waals surface area contributed by atoms with Crippen LogP contribution >= 0.6 is 0 Å². The van der Waals surface area contributed by atoms with Gasteiger partial charge in [0, 0.05) is 18.7 Å². The van der Waals surface area contributed by atoms with E-state index in [9.17, 15) is 0 Å². The molecule has 7 heteroatoms. The maximum absolute atomic E-state index is 5.46. The second-order valence-corrected chi connectivity index (χ2v) is 6.11. The molecule has 0 amide bonds. The molecule has 1 aromatic carbocycles. The van der Waals surface area contributed by atoms with Crippen molar-refractivity contribution in [3.63, 3.8) is 0 Å². The molecule has 0 atom stereocenters. The number of ether oxygens (including phenoxy) is 1. The van der Waals surface area contributed by atoms with Gasteiger partial charge < -0.3 is 19.5 Å². The lowest BCUT2D eigenvalue weighted by Gasteiger charge is -2.15. The van der Waals surface area contributed by atoms with Crippen molar-refractivity contribution in [2.24, 2.45) is 0 Å². The van der Waals surface area contributed by atoms with Gasteiger partial charge >= 0.3 is 0 Å². The van der Waals surface area contributed by atoms with Crippen LogP contribution in [0, 0.1) is 0 Å². The molecule has 0 bridgehead atoms. The highest BCUT2D eigenvalue weighted by atomic mass is 16.5. The fourth-order valence-corrected chi connectivity index (χ4v) is 3.28. The predicted octanol–water partition coefficient (Wildman–Crippen LogP) is 2.80. The predicted molar refractivity (Wildman–Crippen MR) is 95.8 cm³/mol. The van der Waals surface area contributed by atoms with Crippen molar-refractivity contribution < 1.29 is 9.26 Å². The number of rotatable bonds is 6. The molecular formula is C18H21N5O2. The maximum atomic E-state index is 5.46. The highest BCUT2D eigenvalue weighted by molar-refractivity contribution is 5.98. The van der Waals surface area contributed by atoms with Crippen LogP contribution in [0.4, 0.5) is 5.82 Å². The third-order valence-electron chi connectivity index (χ3n) is 4.55. The lowest BCUT2D eigenvalue weighted by atomic mass is 10.1. The SMILES string of the molecule is COc1ccccc1-c1noc2ncnc(NCCN3CCCC3)c12. The Morgan fingerprint density at radius 2 is 2.04 bits per heavy atom. The van der Waals surface area contributed by atoms with Crippen LogP contribution in [0.5, 0.6) is 5.75 Å². The lowest BCUT2D eigenvalue weighted by Crippen LogP contribution is -2.26. The van der Waals surface area contributed by atoms with Gasteiger partial charge in [-0.3, -0.25) is 0 Å². The number of hydrogen-bond donors (Lipinski definition) is 1. The molecule has 0 saturated carbocycles. The van der Waals surface area contributed by atoms with E-state index >= 15 is 0 Å². The van der Waals surface area contributed by atoms with Gasteiger partial charge in [-0.2, -0.15) is 4.98 Å². The van der Waals surface area contributed by atoms with Crippen molar-refractivity contribution in [1.29, 1.82) is 0 Å². The molecule has 1 aliphatic rings. The zero-order valence-electron chi connectivity index (χ0n) is 14.2. The van der Waals surface area contributed by atoms with Crippen LogP contribution in [0.25, 0.3) is 22.4 Å². The molecule has 0 unspecified atom stereocenters. The molecule has 3 heterocycles. The first kappa shape index (κ1) is 15.8. The summed E-state index contributed by atoms with van der Waals surface area (Å²) in [7, 11) is 1.65. The summed E-state index contributed by atoms with van der Waals surface area (Å²) in [4.78, 5) is 11.1. The van der Waals surface area contributed by atoms with Gasteiger partial charge in [-0.1, -0.05) is 17.3 Å². The third-order valence-corrected chi connectivity index (χ3v) is 4.55. The quantitative estimate of drug-likeness (QED) is 0.740. The highest BCUT2D eigenvalue weighted by Gasteiger charge is 2.19. The van der Waals surface area contributed by atoms with E-state index in [1.54, 1.807) is 7.11 Å². The fourth-order valence-electron chi connectivity index (χ4n) is 3.28. The summed E-state index contributed by atoms with van der Waals surface area (Å²) >= 11 is 0. The smallest absolute Gasteiger partial charge is 0.263 e. The van der Waals surface area contributed by atoms with Crippen molar-refractivity contribution in [3.8, 4) is 17.0 Å². The Morgan fingerprint density at radius 3 is 2.88 bits per heavy atom. The summed E-state index contributed by atoms with van der Waals surface area (Å²) in [5.41, 5.74) is 2.03. The highest BCUT2D eigenvalue weighted by Crippen LogP contribution is 2.36. The first-order chi connectivity index (χ1) is 12.4. The average molecular weight is 339 g/mol. The van der Waals surface area contributed by atoms with Gasteiger partial charge in [-0.25, -0.2) is 4.98 Å². The van der Waals surface area contributed by atoms with Crippen LogP contribution in [0.3, 0.4) is 0 Å². The van der Waals surface area contributed by atoms with Crippen LogP contribution < -0.4 is 10.1 Å². The van der Waals surface area contributed by atoms with Crippen LogP contribution in [-0.2, 0) is 0 Å². The van der Waals surface area contributed by atoms with Crippen molar-refractivity contribution in [1.82, 2.24) is 20.0 Å². The molecule has 130 valence electrons. The van der Waals surface area contributed by atoms with Crippen LogP contribution in [0.2, 0.25) is 0 Å². The van der Waals surface area contributed by atoms with E-state index in [2.05, 4.69) is 25.3 Å². The van der Waals surface area contributed by atoms with Crippen molar-refractivity contribution in [3.05, 3.63) is 30.6 Å². The summed E-state index contributed by atoms with van der Waals surface area (Å²) in [6.45, 7) is 4.19. The first-order valence-electron chi connectivity index (χ1n) is 8.57. The Kier molecular flexibility index (Phi) is 4.47. The topological polar surface area (TPSA) is 76.3 Å². The van der Waals surface area contributed by atoms with E-state index in [1.165, 1.54) is 32.3 Å². The molecule has 1 saturated heterocycles. The standard InChI is InChI=1S/C18H21N5O2/c1-24-14-7-3-2-6-13(14)16-15-17(20-12-21-18(15)25-22-16)19-8-11-23-9-4-5-10-23/h2-3,6-7,12H,4-5,8-11H2,1H3,(H,19,20,21). The van der Waals surface area contributed by atoms with Gasteiger partial charge in [0.1, 0.15) is 29.0 Å². The number of likely N-dealkylation sites (tertiary alicyclic amines) is 1. The van der Waals surface area contributed by atoms with Gasteiger partial charge in [0.05, 0.1) is 7.11 Å². The van der Waals surface area contributed by atoms with Gasteiger partial charge in [0.2, 0.25) is 0 Å². The molecule has 0 aliphatic carbocycles. The Morgan fingerprint density at radius 1 is 1.20 bits per heavy atom. The van der Waals surface area contributed by atoms with E-state index in [4.69, 9.17) is 9.26 Å². The minimum absolute atomic E-state index is 0.472. The second-order valence-electron chi connectivity index (χ2n) is 6.11. The van der Waals surface area contributed by atoms with E-state index in [-0.39, 0.29) is 0 Å². The van der Waals surface area contributed by atoms with Gasteiger partial charge in [-0.05, 0) is 38.1 Å². The van der Waals surface area contributed by atoms with Crippen molar-refractivity contribution in [2.75, 3.05) is 38.6 Å². The number of fused-ring (bicyclic) bond motifs is 1. The molecule has 1 fully saturated rings. The van der Waals surface area contributed by atoms with Gasteiger partial charge in [-0.15, -0.1) is 0 Å².